The SMILES string of the molecule is CN(C(=O)c1ccoc1Br)c1ccc(N)cc1C(=O)O. The fourth-order valence-corrected chi connectivity index (χ4v) is 2.16. The molecule has 0 aliphatic heterocycles. The highest BCUT2D eigenvalue weighted by Crippen LogP contribution is 2.26. The molecule has 1 amide bonds. The van der Waals surface area contributed by atoms with Gasteiger partial charge >= 0.3 is 5.97 Å². The second kappa shape index (κ2) is 5.38. The molecule has 1 heterocycles. The zero-order valence-electron chi connectivity index (χ0n) is 10.5. The van der Waals surface area contributed by atoms with Gasteiger partial charge in [0.2, 0.25) is 0 Å². The first-order valence-electron chi connectivity index (χ1n) is 5.55. The molecule has 0 aliphatic rings. The van der Waals surface area contributed by atoms with Crippen LogP contribution in [0.2, 0.25) is 0 Å². The maximum Gasteiger partial charge on any atom is 0.337 e. The summed E-state index contributed by atoms with van der Waals surface area (Å²) < 4.78 is 5.29. The average molecular weight is 339 g/mol. The molecule has 2 rings (SSSR count). The Morgan fingerprint density at radius 3 is 2.55 bits per heavy atom. The highest BCUT2D eigenvalue weighted by molar-refractivity contribution is 9.10. The molecule has 0 spiro atoms. The Balaban J connectivity index is 2.44. The van der Waals surface area contributed by atoms with Crippen LogP contribution in [-0.4, -0.2) is 24.0 Å². The molecule has 7 heteroatoms. The number of anilines is 2. The maximum absolute atomic E-state index is 12.3. The summed E-state index contributed by atoms with van der Waals surface area (Å²) in [6.45, 7) is 0. The summed E-state index contributed by atoms with van der Waals surface area (Å²) in [6, 6.07) is 5.84. The lowest BCUT2D eigenvalue weighted by Crippen LogP contribution is -2.27. The molecule has 0 saturated carbocycles. The van der Waals surface area contributed by atoms with Gasteiger partial charge in [-0.1, -0.05) is 0 Å². The van der Waals surface area contributed by atoms with Crippen LogP contribution in [0.1, 0.15) is 20.7 Å². The molecule has 6 nitrogen and oxygen atoms in total. The van der Waals surface area contributed by atoms with Crippen molar-refractivity contribution in [3.63, 3.8) is 0 Å². The van der Waals surface area contributed by atoms with E-state index in [1.807, 2.05) is 0 Å². The van der Waals surface area contributed by atoms with Crippen molar-refractivity contribution in [3.05, 3.63) is 46.3 Å². The molecule has 0 saturated heterocycles. The van der Waals surface area contributed by atoms with Crippen molar-refractivity contribution in [3.8, 4) is 0 Å². The van der Waals surface area contributed by atoms with Gasteiger partial charge < -0.3 is 20.2 Å². The van der Waals surface area contributed by atoms with Crippen molar-refractivity contribution in [2.45, 2.75) is 0 Å². The minimum atomic E-state index is -1.15. The highest BCUT2D eigenvalue weighted by Gasteiger charge is 2.22. The largest absolute Gasteiger partial charge is 0.478 e. The van der Waals surface area contributed by atoms with Crippen LogP contribution in [0.25, 0.3) is 0 Å². The molecule has 20 heavy (non-hydrogen) atoms. The van der Waals surface area contributed by atoms with E-state index in [1.165, 1.54) is 42.5 Å². The molecule has 3 N–H and O–H groups in total. The normalized spacial score (nSPS) is 10.3. The molecule has 0 fully saturated rings. The predicted octanol–water partition coefficient (Wildman–Crippen LogP) is 2.60. The number of aromatic carboxylic acids is 1. The highest BCUT2D eigenvalue weighted by atomic mass is 79.9. The Kier molecular flexibility index (Phi) is 3.80. The molecule has 2 aromatic rings. The Morgan fingerprint density at radius 2 is 2.00 bits per heavy atom. The van der Waals surface area contributed by atoms with Gasteiger partial charge in [0, 0.05) is 12.7 Å². The van der Waals surface area contributed by atoms with Crippen molar-refractivity contribution in [2.24, 2.45) is 0 Å². The zero-order chi connectivity index (χ0) is 14.9. The van der Waals surface area contributed by atoms with Gasteiger partial charge in [-0.2, -0.15) is 0 Å². The van der Waals surface area contributed by atoms with Crippen molar-refractivity contribution in [1.29, 1.82) is 0 Å². The Hall–Kier alpha value is -2.28. The third kappa shape index (κ3) is 2.53. The molecule has 0 atom stereocenters. The van der Waals surface area contributed by atoms with Crippen LogP contribution >= 0.6 is 15.9 Å². The third-order valence-electron chi connectivity index (χ3n) is 2.77. The van der Waals surface area contributed by atoms with Crippen LogP contribution in [0.15, 0.2) is 39.6 Å². The first-order valence-corrected chi connectivity index (χ1v) is 6.35. The van der Waals surface area contributed by atoms with Crippen molar-refractivity contribution < 1.29 is 19.1 Å². The van der Waals surface area contributed by atoms with E-state index in [0.29, 0.717) is 15.9 Å². The number of carbonyl (C=O) groups excluding carboxylic acids is 1. The number of nitrogens with two attached hydrogens (primary N) is 1. The number of carboxylic acid groups (broad SMARTS) is 1. The maximum atomic E-state index is 12.3. The number of hydrogen-bond donors (Lipinski definition) is 2. The van der Waals surface area contributed by atoms with Crippen LogP contribution in [-0.2, 0) is 0 Å². The van der Waals surface area contributed by atoms with Crippen molar-refractivity contribution in [2.75, 3.05) is 17.7 Å². The Bertz CT molecular complexity index is 681. The van der Waals surface area contributed by atoms with E-state index in [1.54, 1.807) is 0 Å². The van der Waals surface area contributed by atoms with Crippen LogP contribution in [0, 0.1) is 0 Å². The van der Waals surface area contributed by atoms with E-state index in [2.05, 4.69) is 15.9 Å². The summed E-state index contributed by atoms with van der Waals surface area (Å²) in [5.74, 6) is -1.55. The summed E-state index contributed by atoms with van der Waals surface area (Å²) in [5, 5.41) is 9.18. The number of nitrogens with zero attached hydrogens (tertiary/aromatic N) is 1. The molecular formula is C13H11BrN2O4. The number of benzene rings is 1. The second-order valence-electron chi connectivity index (χ2n) is 4.05. The van der Waals surface area contributed by atoms with Gasteiger partial charge in [-0.15, -0.1) is 0 Å². The van der Waals surface area contributed by atoms with Crippen LogP contribution < -0.4 is 10.6 Å². The number of furan rings is 1. The van der Waals surface area contributed by atoms with Gasteiger partial charge in [-0.25, -0.2) is 4.79 Å². The summed E-state index contributed by atoms with van der Waals surface area (Å²) >= 11 is 3.12. The number of halogens is 1. The predicted molar refractivity (Wildman–Crippen MR) is 77.0 cm³/mol. The standard InChI is InChI=1S/C13H11BrN2O4/c1-16(12(17)8-4-5-20-11(8)14)10-3-2-7(15)6-9(10)13(18)19/h2-6H,15H2,1H3,(H,18,19). The van der Waals surface area contributed by atoms with Crippen LogP contribution in [0.5, 0.6) is 0 Å². The molecule has 0 radical (unpaired) electrons. The lowest BCUT2D eigenvalue weighted by molar-refractivity contribution is 0.0698. The average Bonchev–Trinajstić information content (AvgIpc) is 2.83. The van der Waals surface area contributed by atoms with Crippen LogP contribution in [0.3, 0.4) is 0 Å². The summed E-state index contributed by atoms with van der Waals surface area (Å²) in [7, 11) is 1.49. The van der Waals surface area contributed by atoms with E-state index in [-0.39, 0.29) is 11.3 Å². The van der Waals surface area contributed by atoms with E-state index in [0.717, 1.165) is 0 Å². The topological polar surface area (TPSA) is 96.8 Å². The Labute approximate surface area is 122 Å². The van der Waals surface area contributed by atoms with Gasteiger partial charge in [0.25, 0.3) is 5.91 Å². The summed E-state index contributed by atoms with van der Waals surface area (Å²) in [6.07, 6.45) is 1.37. The second-order valence-corrected chi connectivity index (χ2v) is 4.77. The quantitative estimate of drug-likeness (QED) is 0.838. The smallest absolute Gasteiger partial charge is 0.337 e. The van der Waals surface area contributed by atoms with Crippen LogP contribution in [0.4, 0.5) is 11.4 Å². The fraction of sp³-hybridized carbons (Fsp3) is 0.0769. The number of carboxylic acids is 1. The zero-order valence-corrected chi connectivity index (χ0v) is 12.0. The number of hydrogen-bond acceptors (Lipinski definition) is 4. The molecule has 0 aliphatic carbocycles. The lowest BCUT2D eigenvalue weighted by atomic mass is 10.1. The van der Waals surface area contributed by atoms with E-state index >= 15 is 0 Å². The van der Waals surface area contributed by atoms with Gasteiger partial charge in [-0.3, -0.25) is 4.79 Å². The molecular weight excluding hydrogens is 328 g/mol. The molecule has 1 aromatic carbocycles. The van der Waals surface area contributed by atoms with E-state index in [4.69, 9.17) is 10.2 Å². The number of nitrogen functional groups attached to an aromatic ring is 1. The van der Waals surface area contributed by atoms with E-state index < -0.39 is 11.9 Å². The number of amides is 1. The molecule has 1 aromatic heterocycles. The third-order valence-corrected chi connectivity index (χ3v) is 3.38. The first kappa shape index (κ1) is 14.1. The minimum absolute atomic E-state index is 0.0412. The summed E-state index contributed by atoms with van der Waals surface area (Å²) in [5.41, 5.74) is 6.41. The van der Waals surface area contributed by atoms with Gasteiger partial charge in [0.15, 0.2) is 4.67 Å². The van der Waals surface area contributed by atoms with Gasteiger partial charge in [-0.05, 0) is 40.2 Å². The molecule has 0 unspecified atom stereocenters. The molecule has 104 valence electrons. The first-order chi connectivity index (χ1) is 9.41. The van der Waals surface area contributed by atoms with Gasteiger partial charge in [0.1, 0.15) is 0 Å². The number of rotatable bonds is 3. The van der Waals surface area contributed by atoms with Gasteiger partial charge in [0.05, 0.1) is 23.1 Å². The summed E-state index contributed by atoms with van der Waals surface area (Å²) in [4.78, 5) is 24.8. The lowest BCUT2D eigenvalue weighted by Gasteiger charge is -2.19. The Morgan fingerprint density at radius 1 is 1.30 bits per heavy atom. The number of carbonyl (C=O) groups is 2. The molecule has 0 bridgehead atoms. The minimum Gasteiger partial charge on any atom is -0.478 e. The van der Waals surface area contributed by atoms with E-state index in [9.17, 15) is 14.7 Å². The van der Waals surface area contributed by atoms with Crippen molar-refractivity contribution in [1.82, 2.24) is 0 Å². The van der Waals surface area contributed by atoms with Crippen molar-refractivity contribution >= 4 is 39.2 Å². The fourth-order valence-electron chi connectivity index (χ4n) is 1.75. The monoisotopic (exact) mass is 338 g/mol.